The summed E-state index contributed by atoms with van der Waals surface area (Å²) in [4.78, 5) is 52.4. The summed E-state index contributed by atoms with van der Waals surface area (Å²) < 4.78 is 16.2. The first-order valence-electron chi connectivity index (χ1n) is 20.1. The summed E-state index contributed by atoms with van der Waals surface area (Å²) >= 11 is 0. The highest BCUT2D eigenvalue weighted by molar-refractivity contribution is 6.11. The lowest BCUT2D eigenvalue weighted by molar-refractivity contribution is -0.117. The number of carbonyl (C=O) groups excluding carboxylic acids is 2. The summed E-state index contributed by atoms with van der Waals surface area (Å²) in [5, 5.41) is 21.8. The predicted octanol–water partition coefficient (Wildman–Crippen LogP) is 7.86. The minimum atomic E-state index is -0.468. The zero-order valence-electron chi connectivity index (χ0n) is 34.8. The van der Waals surface area contributed by atoms with Crippen molar-refractivity contribution in [2.75, 3.05) is 29.6 Å². The maximum atomic E-state index is 13.1. The minimum Gasteiger partial charge on any atom is -0.494 e. The number of amides is 2. The highest BCUT2D eigenvalue weighted by Gasteiger charge is 2.37. The Kier molecular flexibility index (Phi) is 11.6. The van der Waals surface area contributed by atoms with E-state index in [1.165, 1.54) is 0 Å². The normalized spacial score (nSPS) is 12.8. The molecule has 4 aromatic carbocycles. The summed E-state index contributed by atoms with van der Waals surface area (Å²) in [7, 11) is 0. The Morgan fingerprint density at radius 1 is 0.645 bits per heavy atom. The number of fused-ring (bicyclic) bond motifs is 2. The smallest absolute Gasteiger partial charge is 0.237 e. The Balaban J connectivity index is 0.000000171. The van der Waals surface area contributed by atoms with Crippen LogP contribution < -0.4 is 19.3 Å². The van der Waals surface area contributed by atoms with Gasteiger partial charge in [0.15, 0.2) is 11.6 Å². The van der Waals surface area contributed by atoms with Gasteiger partial charge >= 0.3 is 0 Å². The molecule has 15 nitrogen and oxygen atoms in total. The standard InChI is InChI=1S/C24H21N5O3.C23H22N4O3/c1-4-31-17-11-9-16(10-12-17)22-26-21(23-25-15(3)32-28-23)18-13-20(30)29(24(18)27-22)19-8-6-5-7-14(19)2;1-3-30-16-10-8-15(9-11-16)22-25-21(18(24)13-28)17-12-20(29)27(23(17)26-22)19-7-5-4-6-14(19)2/h5-12H,4,13H2,1-3H3;4-11,24,28H,3,12-13H2,1-2H3. The minimum absolute atomic E-state index is 0.0414. The SMILES string of the molecule is CCOc1ccc(-c2nc(-c3noc(C)n3)c3c(n2)N(c2ccccc2C)C(=O)C3)cc1.CCOc1ccc(-c2nc(C(=N)CO)c3c(n2)N(c2ccccc2C)C(=O)C3)cc1. The van der Waals surface area contributed by atoms with Crippen molar-refractivity contribution in [1.29, 1.82) is 5.41 Å². The van der Waals surface area contributed by atoms with Crippen LogP contribution in [0.5, 0.6) is 11.5 Å². The number of ether oxygens (including phenoxy) is 2. The third kappa shape index (κ3) is 8.00. The van der Waals surface area contributed by atoms with Crippen molar-refractivity contribution in [1.82, 2.24) is 30.1 Å². The Bertz CT molecular complexity index is 2820. The Hall–Kier alpha value is -7.65. The molecule has 0 saturated heterocycles. The van der Waals surface area contributed by atoms with Crippen LogP contribution in [0.2, 0.25) is 0 Å². The molecule has 0 spiro atoms. The first-order chi connectivity index (χ1) is 30.1. The molecule has 2 N–H and O–H groups in total. The van der Waals surface area contributed by atoms with Crippen molar-refractivity contribution < 1.29 is 28.7 Å². The molecule has 62 heavy (non-hydrogen) atoms. The fraction of sp³-hybridized carbons (Fsp3) is 0.213. The van der Waals surface area contributed by atoms with Crippen LogP contribution in [-0.2, 0) is 22.4 Å². The summed E-state index contributed by atoms with van der Waals surface area (Å²) in [6.45, 7) is 10.2. The lowest BCUT2D eigenvalue weighted by atomic mass is 10.1. The quantitative estimate of drug-likeness (QED) is 0.120. The number of hydrogen-bond donors (Lipinski definition) is 2. The van der Waals surface area contributed by atoms with Gasteiger partial charge in [-0.15, -0.1) is 0 Å². The van der Waals surface area contributed by atoms with E-state index in [-0.39, 0.29) is 30.4 Å². The number of aromatic nitrogens is 6. The van der Waals surface area contributed by atoms with E-state index < -0.39 is 6.61 Å². The second kappa shape index (κ2) is 17.5. The molecule has 2 aliphatic heterocycles. The van der Waals surface area contributed by atoms with Crippen molar-refractivity contribution in [3.63, 3.8) is 0 Å². The molecule has 0 fully saturated rings. The summed E-state index contributed by atoms with van der Waals surface area (Å²) in [5.74, 6) is 3.92. The first-order valence-corrected chi connectivity index (χ1v) is 20.1. The number of benzene rings is 4. The van der Waals surface area contributed by atoms with Crippen LogP contribution >= 0.6 is 0 Å². The van der Waals surface area contributed by atoms with Gasteiger partial charge in [0.1, 0.15) is 28.8 Å². The van der Waals surface area contributed by atoms with Gasteiger partial charge in [-0.3, -0.25) is 19.4 Å². The van der Waals surface area contributed by atoms with Crippen molar-refractivity contribution in [3.8, 4) is 45.8 Å². The van der Waals surface area contributed by atoms with Gasteiger partial charge in [0.2, 0.25) is 23.5 Å². The number of nitrogens with one attached hydrogen (secondary N) is 1. The van der Waals surface area contributed by atoms with Crippen molar-refractivity contribution in [2.24, 2.45) is 0 Å². The molecular weight excluding hydrogens is 787 g/mol. The fourth-order valence-corrected chi connectivity index (χ4v) is 7.36. The van der Waals surface area contributed by atoms with E-state index in [0.29, 0.717) is 70.7 Å². The second-order valence-corrected chi connectivity index (χ2v) is 14.5. The van der Waals surface area contributed by atoms with Crippen LogP contribution in [0.3, 0.4) is 0 Å². The van der Waals surface area contributed by atoms with Gasteiger partial charge in [-0.2, -0.15) is 4.98 Å². The molecule has 7 aromatic rings. The number of aliphatic hydroxyl groups is 1. The van der Waals surface area contributed by atoms with Crippen molar-refractivity contribution >= 4 is 40.5 Å². The zero-order chi connectivity index (χ0) is 43.5. The Morgan fingerprint density at radius 2 is 1.13 bits per heavy atom. The molecule has 312 valence electrons. The van der Waals surface area contributed by atoms with Crippen LogP contribution in [0.4, 0.5) is 23.0 Å². The van der Waals surface area contributed by atoms with Crippen LogP contribution in [0.15, 0.2) is 102 Å². The van der Waals surface area contributed by atoms with Gasteiger partial charge in [-0.25, -0.2) is 19.9 Å². The zero-order valence-corrected chi connectivity index (χ0v) is 34.8. The molecule has 0 radical (unpaired) electrons. The van der Waals surface area contributed by atoms with E-state index in [1.807, 2.05) is 125 Å². The van der Waals surface area contributed by atoms with Gasteiger partial charge in [-0.1, -0.05) is 41.6 Å². The van der Waals surface area contributed by atoms with Gasteiger partial charge in [0.05, 0.1) is 55.4 Å². The lowest BCUT2D eigenvalue weighted by Gasteiger charge is -2.20. The van der Waals surface area contributed by atoms with Gasteiger partial charge in [0, 0.05) is 29.2 Å². The highest BCUT2D eigenvalue weighted by Crippen LogP contribution is 2.41. The molecule has 0 bridgehead atoms. The molecule has 5 heterocycles. The number of aliphatic hydroxyl groups excluding tert-OH is 1. The molecule has 2 amide bonds. The topological polar surface area (TPSA) is 194 Å². The number of carbonyl (C=O) groups is 2. The van der Waals surface area contributed by atoms with Gasteiger partial charge < -0.3 is 24.5 Å². The van der Waals surface area contributed by atoms with Gasteiger partial charge in [-0.05, 0) is 99.5 Å². The van der Waals surface area contributed by atoms with Crippen molar-refractivity contribution in [3.05, 3.63) is 131 Å². The average molecular weight is 830 g/mol. The first kappa shape index (κ1) is 41.1. The summed E-state index contributed by atoms with van der Waals surface area (Å²) in [6, 6.07) is 30.2. The van der Waals surface area contributed by atoms with E-state index in [9.17, 15) is 14.7 Å². The Morgan fingerprint density at radius 3 is 1.60 bits per heavy atom. The maximum Gasteiger partial charge on any atom is 0.237 e. The third-order valence-electron chi connectivity index (χ3n) is 10.3. The number of nitrogens with zero attached hydrogens (tertiary/aromatic N) is 8. The fourth-order valence-electron chi connectivity index (χ4n) is 7.36. The van der Waals surface area contributed by atoms with E-state index in [1.54, 1.807) is 16.7 Å². The number of aryl methyl sites for hydroxylation is 3. The number of anilines is 4. The number of rotatable bonds is 11. The molecule has 2 aliphatic rings. The molecule has 0 unspecified atom stereocenters. The van der Waals surface area contributed by atoms with Crippen LogP contribution in [0, 0.1) is 26.2 Å². The lowest BCUT2D eigenvalue weighted by Crippen LogP contribution is -2.22. The largest absolute Gasteiger partial charge is 0.494 e. The monoisotopic (exact) mass is 829 g/mol. The molecular formula is C47H43N9O6. The Labute approximate surface area is 357 Å². The van der Waals surface area contributed by atoms with E-state index >= 15 is 0 Å². The maximum absolute atomic E-state index is 13.1. The van der Waals surface area contributed by atoms with Crippen molar-refractivity contribution in [2.45, 2.75) is 47.5 Å². The molecule has 0 aliphatic carbocycles. The average Bonchev–Trinajstić information content (AvgIpc) is 3.97. The van der Waals surface area contributed by atoms with E-state index in [2.05, 4.69) is 15.1 Å². The van der Waals surface area contributed by atoms with Crippen LogP contribution in [-0.4, -0.2) is 72.5 Å². The predicted molar refractivity (Wildman–Crippen MR) is 233 cm³/mol. The molecule has 3 aromatic heterocycles. The van der Waals surface area contributed by atoms with Gasteiger partial charge in [0.25, 0.3) is 0 Å². The number of para-hydroxylation sites is 2. The van der Waals surface area contributed by atoms with E-state index in [4.69, 9.17) is 34.4 Å². The highest BCUT2D eigenvalue weighted by atomic mass is 16.5. The molecule has 0 atom stereocenters. The summed E-state index contributed by atoms with van der Waals surface area (Å²) in [5.41, 5.74) is 7.01. The van der Waals surface area contributed by atoms with Crippen LogP contribution in [0.25, 0.3) is 34.3 Å². The van der Waals surface area contributed by atoms with Crippen LogP contribution in [0.1, 0.15) is 47.7 Å². The molecule has 0 saturated carbocycles. The summed E-state index contributed by atoms with van der Waals surface area (Å²) in [6.07, 6.45) is 0.251. The second-order valence-electron chi connectivity index (χ2n) is 14.5. The third-order valence-corrected chi connectivity index (χ3v) is 10.3. The molecule has 9 rings (SSSR count). The van der Waals surface area contributed by atoms with E-state index in [0.717, 1.165) is 45.1 Å². The number of hydrogen-bond acceptors (Lipinski definition) is 13. The molecule has 15 heteroatoms.